The molecular formula is C20H25BrN2O4S. The number of carbonyl (C=O) groups excluding carboxylic acids is 1. The molecule has 152 valence electrons. The van der Waals surface area contributed by atoms with E-state index in [-0.39, 0.29) is 29.9 Å². The molecule has 1 atom stereocenters. The highest BCUT2D eigenvalue weighted by Crippen LogP contribution is 2.19. The van der Waals surface area contributed by atoms with Gasteiger partial charge in [-0.15, -0.1) is 0 Å². The van der Waals surface area contributed by atoms with Gasteiger partial charge in [0.15, 0.2) is 0 Å². The topological polar surface area (TPSA) is 75.7 Å². The van der Waals surface area contributed by atoms with Gasteiger partial charge in [-0.2, -0.15) is 4.31 Å². The zero-order valence-electron chi connectivity index (χ0n) is 16.0. The first-order chi connectivity index (χ1) is 13.3. The van der Waals surface area contributed by atoms with E-state index < -0.39 is 10.0 Å². The molecule has 0 aliphatic heterocycles. The third-order valence-electron chi connectivity index (χ3n) is 4.09. The normalized spacial score (nSPS) is 12.7. The zero-order chi connectivity index (χ0) is 20.6. The van der Waals surface area contributed by atoms with Crippen LogP contribution in [-0.2, 0) is 26.0 Å². The van der Waals surface area contributed by atoms with Crippen LogP contribution in [0.5, 0.6) is 0 Å². The summed E-state index contributed by atoms with van der Waals surface area (Å²) in [6, 6.07) is 15.8. The number of halogens is 1. The Kier molecular flexibility index (Phi) is 8.62. The Morgan fingerprint density at radius 1 is 1.14 bits per heavy atom. The molecule has 1 N–H and O–H groups in total. The summed E-state index contributed by atoms with van der Waals surface area (Å²) < 4.78 is 33.3. The van der Waals surface area contributed by atoms with Crippen molar-refractivity contribution in [2.75, 3.05) is 26.8 Å². The molecule has 0 saturated heterocycles. The molecule has 2 aromatic rings. The van der Waals surface area contributed by atoms with Gasteiger partial charge in [-0.1, -0.05) is 46.3 Å². The lowest BCUT2D eigenvalue weighted by Crippen LogP contribution is -2.45. The fourth-order valence-corrected chi connectivity index (χ4v) is 4.37. The van der Waals surface area contributed by atoms with E-state index in [4.69, 9.17) is 4.74 Å². The van der Waals surface area contributed by atoms with Gasteiger partial charge in [0.1, 0.15) is 0 Å². The maximum Gasteiger partial charge on any atom is 0.243 e. The van der Waals surface area contributed by atoms with Crippen molar-refractivity contribution in [3.8, 4) is 0 Å². The average Bonchev–Trinajstić information content (AvgIpc) is 2.66. The van der Waals surface area contributed by atoms with Gasteiger partial charge in [0.2, 0.25) is 15.9 Å². The van der Waals surface area contributed by atoms with Crippen LogP contribution in [0.25, 0.3) is 0 Å². The molecule has 6 nitrogen and oxygen atoms in total. The predicted molar refractivity (Wildman–Crippen MR) is 113 cm³/mol. The Hall–Kier alpha value is -1.74. The van der Waals surface area contributed by atoms with Crippen LogP contribution in [0.1, 0.15) is 12.5 Å². The van der Waals surface area contributed by atoms with Gasteiger partial charge in [-0.05, 0) is 43.2 Å². The fourth-order valence-electron chi connectivity index (χ4n) is 2.71. The lowest BCUT2D eigenvalue weighted by atomic mass is 10.1. The van der Waals surface area contributed by atoms with E-state index in [1.54, 1.807) is 26.2 Å². The van der Waals surface area contributed by atoms with E-state index >= 15 is 0 Å². The van der Waals surface area contributed by atoms with Gasteiger partial charge >= 0.3 is 0 Å². The van der Waals surface area contributed by atoms with Gasteiger partial charge < -0.3 is 10.1 Å². The number of benzene rings is 2. The minimum atomic E-state index is -3.81. The molecule has 2 rings (SSSR count). The molecule has 0 unspecified atom stereocenters. The Morgan fingerprint density at radius 2 is 1.79 bits per heavy atom. The number of hydrogen-bond donors (Lipinski definition) is 1. The summed E-state index contributed by atoms with van der Waals surface area (Å²) in [5, 5.41) is 2.76. The largest absolute Gasteiger partial charge is 0.383 e. The first kappa shape index (κ1) is 22.5. The second kappa shape index (κ2) is 10.7. The third-order valence-corrected chi connectivity index (χ3v) is 6.48. The van der Waals surface area contributed by atoms with Crippen molar-refractivity contribution in [1.82, 2.24) is 9.62 Å². The number of carbonyl (C=O) groups is 1. The minimum absolute atomic E-state index is 0.154. The van der Waals surface area contributed by atoms with Crippen molar-refractivity contribution < 1.29 is 17.9 Å². The number of sulfonamides is 1. The first-order valence-electron chi connectivity index (χ1n) is 8.91. The number of nitrogens with zero attached hydrogens (tertiary/aromatic N) is 1. The van der Waals surface area contributed by atoms with Crippen molar-refractivity contribution in [3.63, 3.8) is 0 Å². The second-order valence-corrected chi connectivity index (χ2v) is 9.31. The fraction of sp³-hybridized carbons (Fsp3) is 0.350. The summed E-state index contributed by atoms with van der Waals surface area (Å²) in [5.74, 6) is -0.363. The van der Waals surface area contributed by atoms with Crippen LogP contribution in [0.15, 0.2) is 64.0 Å². The lowest BCUT2D eigenvalue weighted by Gasteiger charge is -2.23. The molecule has 0 saturated carbocycles. The van der Waals surface area contributed by atoms with Crippen LogP contribution in [-0.4, -0.2) is 51.5 Å². The lowest BCUT2D eigenvalue weighted by molar-refractivity contribution is -0.122. The molecule has 2 aromatic carbocycles. The SMILES string of the molecule is COC[C@@H](C)NC(=O)CN(CCc1ccccc1)S(=O)(=O)c1ccc(Br)cc1. The first-order valence-corrected chi connectivity index (χ1v) is 11.1. The summed E-state index contributed by atoms with van der Waals surface area (Å²) in [7, 11) is -2.26. The summed E-state index contributed by atoms with van der Waals surface area (Å²) in [6.07, 6.45) is 0.511. The van der Waals surface area contributed by atoms with Crippen LogP contribution < -0.4 is 5.32 Å². The van der Waals surface area contributed by atoms with E-state index in [0.29, 0.717) is 13.0 Å². The van der Waals surface area contributed by atoms with Crippen molar-refractivity contribution in [2.24, 2.45) is 0 Å². The van der Waals surface area contributed by atoms with Crippen LogP contribution in [0.2, 0.25) is 0 Å². The van der Waals surface area contributed by atoms with Crippen molar-refractivity contribution in [2.45, 2.75) is 24.3 Å². The molecule has 8 heteroatoms. The molecule has 0 bridgehead atoms. The van der Waals surface area contributed by atoms with Crippen LogP contribution in [0.4, 0.5) is 0 Å². The minimum Gasteiger partial charge on any atom is -0.383 e. The van der Waals surface area contributed by atoms with Gasteiger partial charge in [0.05, 0.1) is 18.0 Å². The quantitative estimate of drug-likeness (QED) is 0.581. The molecule has 28 heavy (non-hydrogen) atoms. The molecule has 0 heterocycles. The Bertz CT molecular complexity index is 858. The number of ether oxygens (including phenoxy) is 1. The maximum atomic E-state index is 13.1. The second-order valence-electron chi connectivity index (χ2n) is 6.45. The van der Waals surface area contributed by atoms with E-state index in [1.807, 2.05) is 30.3 Å². The van der Waals surface area contributed by atoms with Gasteiger partial charge in [0.25, 0.3) is 0 Å². The molecule has 0 aliphatic carbocycles. The molecule has 0 spiro atoms. The highest BCUT2D eigenvalue weighted by Gasteiger charge is 2.26. The van der Waals surface area contributed by atoms with E-state index in [2.05, 4.69) is 21.2 Å². The molecule has 0 radical (unpaired) electrons. The number of nitrogens with one attached hydrogen (secondary N) is 1. The third kappa shape index (κ3) is 6.70. The standard InChI is InChI=1S/C20H25BrN2O4S/c1-16(15-27-2)22-20(24)14-23(13-12-17-6-4-3-5-7-17)28(25,26)19-10-8-18(21)9-11-19/h3-11,16H,12-15H2,1-2H3,(H,22,24)/t16-/m1/s1. The number of methoxy groups -OCH3 is 1. The predicted octanol–water partition coefficient (Wildman–Crippen LogP) is 2.83. The number of hydrogen-bond acceptors (Lipinski definition) is 4. The average molecular weight is 469 g/mol. The zero-order valence-corrected chi connectivity index (χ0v) is 18.4. The number of rotatable bonds is 10. The Morgan fingerprint density at radius 3 is 2.39 bits per heavy atom. The molecule has 0 aliphatic rings. The van der Waals surface area contributed by atoms with Crippen LogP contribution in [0.3, 0.4) is 0 Å². The van der Waals surface area contributed by atoms with E-state index in [0.717, 1.165) is 10.0 Å². The molecular weight excluding hydrogens is 444 g/mol. The van der Waals surface area contributed by atoms with Gasteiger partial charge in [0, 0.05) is 24.2 Å². The van der Waals surface area contributed by atoms with E-state index in [9.17, 15) is 13.2 Å². The van der Waals surface area contributed by atoms with E-state index in [1.165, 1.54) is 16.4 Å². The Labute approximate surface area is 175 Å². The number of amides is 1. The van der Waals surface area contributed by atoms with Crippen molar-refractivity contribution in [3.05, 3.63) is 64.6 Å². The molecule has 0 fully saturated rings. The maximum absolute atomic E-state index is 13.1. The van der Waals surface area contributed by atoms with Crippen LogP contribution in [0, 0.1) is 0 Å². The Balaban J connectivity index is 2.19. The monoisotopic (exact) mass is 468 g/mol. The summed E-state index contributed by atoms with van der Waals surface area (Å²) in [6.45, 7) is 2.11. The molecule has 1 amide bonds. The highest BCUT2D eigenvalue weighted by atomic mass is 79.9. The van der Waals surface area contributed by atoms with Crippen LogP contribution >= 0.6 is 15.9 Å². The smallest absolute Gasteiger partial charge is 0.243 e. The van der Waals surface area contributed by atoms with Gasteiger partial charge in [-0.3, -0.25) is 4.79 Å². The highest BCUT2D eigenvalue weighted by molar-refractivity contribution is 9.10. The summed E-state index contributed by atoms with van der Waals surface area (Å²) in [5.41, 5.74) is 1.01. The van der Waals surface area contributed by atoms with Crippen molar-refractivity contribution >= 4 is 31.9 Å². The molecule has 0 aromatic heterocycles. The summed E-state index contributed by atoms with van der Waals surface area (Å²) in [4.78, 5) is 12.6. The van der Waals surface area contributed by atoms with Gasteiger partial charge in [-0.25, -0.2) is 8.42 Å². The summed E-state index contributed by atoms with van der Waals surface area (Å²) >= 11 is 3.31. The van der Waals surface area contributed by atoms with Crippen molar-refractivity contribution in [1.29, 1.82) is 0 Å².